The molecule has 3 aliphatic heterocycles. The summed E-state index contributed by atoms with van der Waals surface area (Å²) in [6.07, 6.45) is 2.29. The molecule has 0 aromatic carbocycles. The van der Waals surface area contributed by atoms with Crippen molar-refractivity contribution in [1.82, 2.24) is 0 Å². The molecular formula is C5H8KNO. The first-order chi connectivity index (χ1) is 3.45. The molecule has 3 rings (SSSR count). The molecule has 0 aliphatic carbocycles. The summed E-state index contributed by atoms with van der Waals surface area (Å²) < 4.78 is 5.28. The van der Waals surface area contributed by atoms with Gasteiger partial charge in [-0.05, 0) is 6.42 Å². The smallest absolute Gasteiger partial charge is 0.658 e. The maximum absolute atomic E-state index is 5.28. The van der Waals surface area contributed by atoms with Crippen LogP contribution in [0, 0.1) is 0 Å². The SMILES string of the molecule is C1[N-]CC2CC1O2.[K+]. The van der Waals surface area contributed by atoms with Crippen LogP contribution in [0.1, 0.15) is 6.42 Å². The van der Waals surface area contributed by atoms with Crippen LogP contribution in [-0.2, 0) is 4.74 Å². The van der Waals surface area contributed by atoms with Crippen LogP contribution in [0.5, 0.6) is 0 Å². The van der Waals surface area contributed by atoms with Crippen molar-refractivity contribution in [3.8, 4) is 0 Å². The minimum atomic E-state index is 0. The van der Waals surface area contributed by atoms with Crippen molar-refractivity contribution in [2.24, 2.45) is 0 Å². The van der Waals surface area contributed by atoms with E-state index in [4.69, 9.17) is 4.74 Å². The minimum absolute atomic E-state index is 0. The molecule has 8 heavy (non-hydrogen) atoms. The Morgan fingerprint density at radius 2 is 1.75 bits per heavy atom. The van der Waals surface area contributed by atoms with Crippen LogP contribution in [0.25, 0.3) is 5.32 Å². The summed E-state index contributed by atoms with van der Waals surface area (Å²) in [5, 5.41) is 4.18. The van der Waals surface area contributed by atoms with Gasteiger partial charge in [-0.1, -0.05) is 0 Å². The average Bonchev–Trinajstić information content (AvgIpc) is 1.67. The van der Waals surface area contributed by atoms with Gasteiger partial charge in [-0.15, -0.1) is 13.1 Å². The number of hydrogen-bond acceptors (Lipinski definition) is 1. The minimum Gasteiger partial charge on any atom is -0.658 e. The van der Waals surface area contributed by atoms with E-state index < -0.39 is 0 Å². The first-order valence-electron chi connectivity index (χ1n) is 2.74. The van der Waals surface area contributed by atoms with E-state index in [9.17, 15) is 0 Å². The molecule has 3 saturated heterocycles. The zero-order valence-electron chi connectivity index (χ0n) is 5.13. The quantitative estimate of drug-likeness (QED) is 0.340. The predicted molar refractivity (Wildman–Crippen MR) is 26.4 cm³/mol. The van der Waals surface area contributed by atoms with Gasteiger partial charge >= 0.3 is 51.4 Å². The van der Waals surface area contributed by atoms with Crippen molar-refractivity contribution in [3.05, 3.63) is 5.32 Å². The third kappa shape index (κ3) is 1.34. The second kappa shape index (κ2) is 3.10. The summed E-state index contributed by atoms with van der Waals surface area (Å²) in [7, 11) is 0. The molecule has 3 aliphatic rings. The van der Waals surface area contributed by atoms with Gasteiger partial charge in [0.15, 0.2) is 0 Å². The number of morpholine rings is 1. The monoisotopic (exact) mass is 137 g/mol. The molecule has 2 nitrogen and oxygen atoms in total. The van der Waals surface area contributed by atoms with Crippen LogP contribution in [0.2, 0.25) is 0 Å². The van der Waals surface area contributed by atoms with E-state index in [1.807, 2.05) is 0 Å². The Bertz CT molecular complexity index is 69.0. The Labute approximate surface area is 91.8 Å². The molecule has 0 aromatic rings. The molecular weight excluding hydrogens is 129 g/mol. The fraction of sp³-hybridized carbons (Fsp3) is 1.00. The van der Waals surface area contributed by atoms with E-state index in [1.165, 1.54) is 6.42 Å². The van der Waals surface area contributed by atoms with Gasteiger partial charge in [0.2, 0.25) is 0 Å². The normalized spacial score (nSPS) is 42.0. The summed E-state index contributed by atoms with van der Waals surface area (Å²) in [6, 6.07) is 0. The number of rotatable bonds is 0. The molecule has 2 atom stereocenters. The van der Waals surface area contributed by atoms with Gasteiger partial charge in [-0.25, -0.2) is 0 Å². The molecule has 2 bridgehead atoms. The number of fused-ring (bicyclic) bond motifs is 2. The van der Waals surface area contributed by atoms with Gasteiger partial charge in [0.25, 0.3) is 0 Å². The molecule has 2 unspecified atom stereocenters. The molecule has 0 N–H and O–H groups in total. The third-order valence-corrected chi connectivity index (χ3v) is 1.58. The van der Waals surface area contributed by atoms with Crippen LogP contribution < -0.4 is 51.4 Å². The van der Waals surface area contributed by atoms with E-state index in [2.05, 4.69) is 5.32 Å². The number of piperidine rings is 1. The first kappa shape index (κ1) is 7.66. The van der Waals surface area contributed by atoms with Crippen molar-refractivity contribution in [1.29, 1.82) is 0 Å². The van der Waals surface area contributed by atoms with Crippen molar-refractivity contribution < 1.29 is 56.1 Å². The Morgan fingerprint density at radius 3 is 1.88 bits per heavy atom. The van der Waals surface area contributed by atoms with E-state index in [0.717, 1.165) is 13.1 Å². The number of ether oxygens (including phenoxy) is 1. The third-order valence-electron chi connectivity index (χ3n) is 1.58. The van der Waals surface area contributed by atoms with Gasteiger partial charge < -0.3 is 10.1 Å². The van der Waals surface area contributed by atoms with E-state index >= 15 is 0 Å². The van der Waals surface area contributed by atoms with Crippen LogP contribution >= 0.6 is 0 Å². The van der Waals surface area contributed by atoms with Crippen molar-refractivity contribution in [2.75, 3.05) is 13.1 Å². The Balaban J connectivity index is 0.000000320. The largest absolute Gasteiger partial charge is 1.00 e. The second-order valence-corrected chi connectivity index (χ2v) is 2.20. The van der Waals surface area contributed by atoms with Crippen molar-refractivity contribution in [2.45, 2.75) is 18.6 Å². The molecule has 0 amide bonds. The molecule has 0 radical (unpaired) electrons. The van der Waals surface area contributed by atoms with E-state index in [1.54, 1.807) is 0 Å². The fourth-order valence-corrected chi connectivity index (χ4v) is 1.15. The fourth-order valence-electron chi connectivity index (χ4n) is 1.15. The number of hydrogen-bond donors (Lipinski definition) is 0. The van der Waals surface area contributed by atoms with Crippen LogP contribution in [0.15, 0.2) is 0 Å². The Hall–Kier alpha value is 1.56. The van der Waals surface area contributed by atoms with Crippen molar-refractivity contribution in [3.63, 3.8) is 0 Å². The molecule has 0 aromatic heterocycles. The second-order valence-electron chi connectivity index (χ2n) is 2.20. The molecule has 40 valence electrons. The van der Waals surface area contributed by atoms with Crippen LogP contribution in [0.4, 0.5) is 0 Å². The van der Waals surface area contributed by atoms with Crippen LogP contribution in [0.3, 0.4) is 0 Å². The summed E-state index contributed by atoms with van der Waals surface area (Å²) in [4.78, 5) is 0. The first-order valence-corrected chi connectivity index (χ1v) is 2.74. The van der Waals surface area contributed by atoms with E-state index in [-0.39, 0.29) is 51.4 Å². The summed E-state index contributed by atoms with van der Waals surface area (Å²) >= 11 is 0. The zero-order chi connectivity index (χ0) is 4.69. The number of nitrogens with zero attached hydrogens (tertiary/aromatic N) is 1. The van der Waals surface area contributed by atoms with Crippen molar-refractivity contribution >= 4 is 0 Å². The summed E-state index contributed by atoms with van der Waals surface area (Å²) in [5.74, 6) is 0. The predicted octanol–water partition coefficient (Wildman–Crippen LogP) is -2.46. The molecule has 0 spiro atoms. The van der Waals surface area contributed by atoms with Gasteiger partial charge in [0.05, 0.1) is 0 Å². The van der Waals surface area contributed by atoms with Gasteiger partial charge in [-0.3, -0.25) is 0 Å². The standard InChI is InChI=1S/C5H8NO.K/c1-4-2-6-3-5(1)7-4;/h4-5H,1-3H2;/q-1;+1. The maximum atomic E-state index is 5.28. The topological polar surface area (TPSA) is 23.3 Å². The van der Waals surface area contributed by atoms with Gasteiger partial charge in [0.1, 0.15) is 0 Å². The zero-order valence-corrected chi connectivity index (χ0v) is 8.25. The van der Waals surface area contributed by atoms with Gasteiger partial charge in [-0.2, -0.15) is 0 Å². The van der Waals surface area contributed by atoms with Gasteiger partial charge in [0, 0.05) is 12.2 Å². The molecule has 3 heteroatoms. The maximum Gasteiger partial charge on any atom is 1.00 e. The Kier molecular flexibility index (Phi) is 2.97. The van der Waals surface area contributed by atoms with Crippen LogP contribution in [-0.4, -0.2) is 25.3 Å². The summed E-state index contributed by atoms with van der Waals surface area (Å²) in [6.45, 7) is 1.91. The summed E-state index contributed by atoms with van der Waals surface area (Å²) in [5.41, 5.74) is 0. The molecule has 3 fully saturated rings. The van der Waals surface area contributed by atoms with E-state index in [0.29, 0.717) is 12.2 Å². The molecule has 3 heterocycles. The Morgan fingerprint density at radius 1 is 1.25 bits per heavy atom. The average molecular weight is 137 g/mol. The molecule has 0 saturated carbocycles.